The number of hydrogen-bond donors (Lipinski definition) is 1. The summed E-state index contributed by atoms with van der Waals surface area (Å²) in [6, 6.07) is 7.98. The summed E-state index contributed by atoms with van der Waals surface area (Å²) in [6.07, 6.45) is 1.90. The van der Waals surface area contributed by atoms with Gasteiger partial charge in [-0.1, -0.05) is 12.1 Å². The maximum atomic E-state index is 12.8. The van der Waals surface area contributed by atoms with Gasteiger partial charge in [0.1, 0.15) is 12.1 Å². The Morgan fingerprint density at radius 3 is 2.71 bits per heavy atom. The summed E-state index contributed by atoms with van der Waals surface area (Å²) in [6.45, 7) is 2.68. The molecule has 0 aromatic heterocycles. The van der Waals surface area contributed by atoms with Gasteiger partial charge in [-0.2, -0.15) is 5.26 Å². The van der Waals surface area contributed by atoms with Crippen molar-refractivity contribution in [1.82, 2.24) is 15.1 Å². The number of rotatable bonds is 3. The highest BCUT2D eigenvalue weighted by atomic mass is 16.2. The largest absolute Gasteiger partial charge is 0.341 e. The van der Waals surface area contributed by atoms with E-state index in [0.717, 1.165) is 17.7 Å². The molecule has 1 atom stereocenters. The van der Waals surface area contributed by atoms with E-state index in [1.807, 2.05) is 6.07 Å². The number of imide groups is 1. The van der Waals surface area contributed by atoms with Crippen molar-refractivity contribution >= 4 is 17.8 Å². The summed E-state index contributed by atoms with van der Waals surface area (Å²) in [5.41, 5.74) is -0.340. The molecule has 1 aromatic carbocycles. The van der Waals surface area contributed by atoms with Crippen LogP contribution < -0.4 is 5.32 Å². The first-order valence-corrected chi connectivity index (χ1v) is 7.88. The lowest BCUT2D eigenvalue weighted by Crippen LogP contribution is -2.44. The normalized spacial score (nSPS) is 23.3. The van der Waals surface area contributed by atoms with Crippen molar-refractivity contribution in [1.29, 1.82) is 5.26 Å². The zero-order valence-corrected chi connectivity index (χ0v) is 13.4. The Bertz CT molecular complexity index is 748. The van der Waals surface area contributed by atoms with Crippen molar-refractivity contribution in [3.63, 3.8) is 0 Å². The summed E-state index contributed by atoms with van der Waals surface area (Å²) in [4.78, 5) is 39.9. The van der Waals surface area contributed by atoms with Crippen molar-refractivity contribution in [2.24, 2.45) is 0 Å². The third-order valence-electron chi connectivity index (χ3n) is 4.60. The van der Waals surface area contributed by atoms with E-state index in [9.17, 15) is 14.4 Å². The standard InChI is InChI=1S/C17H18N4O3/c1-17(13-6-4-5-12(9-13)10-18)15(23)21(16(24)19-17)11-14(22)20-7-2-3-8-20/h4-6,9H,2-3,7-8,11H2,1H3,(H,19,24). The number of nitrogens with zero attached hydrogens (tertiary/aromatic N) is 3. The van der Waals surface area contributed by atoms with Crippen LogP contribution in [0.4, 0.5) is 4.79 Å². The predicted molar refractivity (Wildman–Crippen MR) is 84.6 cm³/mol. The Morgan fingerprint density at radius 1 is 1.33 bits per heavy atom. The van der Waals surface area contributed by atoms with Gasteiger partial charge in [0.15, 0.2) is 0 Å². The number of hydrogen-bond acceptors (Lipinski definition) is 4. The lowest BCUT2D eigenvalue weighted by atomic mass is 9.91. The van der Waals surface area contributed by atoms with Gasteiger partial charge in [-0.3, -0.25) is 14.5 Å². The van der Waals surface area contributed by atoms with Crippen LogP contribution in [0.15, 0.2) is 24.3 Å². The maximum Gasteiger partial charge on any atom is 0.325 e. The van der Waals surface area contributed by atoms with Crippen molar-refractivity contribution in [2.75, 3.05) is 19.6 Å². The van der Waals surface area contributed by atoms with Gasteiger partial charge in [0, 0.05) is 13.1 Å². The predicted octanol–water partition coefficient (Wildman–Crippen LogP) is 0.948. The Balaban J connectivity index is 1.82. The van der Waals surface area contributed by atoms with Gasteiger partial charge >= 0.3 is 6.03 Å². The molecule has 2 aliphatic rings. The van der Waals surface area contributed by atoms with Crippen LogP contribution in [-0.4, -0.2) is 47.3 Å². The fourth-order valence-corrected chi connectivity index (χ4v) is 3.14. The molecular weight excluding hydrogens is 308 g/mol. The summed E-state index contributed by atoms with van der Waals surface area (Å²) in [5.74, 6) is -0.693. The lowest BCUT2D eigenvalue weighted by Gasteiger charge is -2.23. The van der Waals surface area contributed by atoms with E-state index in [1.165, 1.54) is 0 Å². The molecule has 1 unspecified atom stereocenters. The summed E-state index contributed by atoms with van der Waals surface area (Å²) < 4.78 is 0. The van der Waals surface area contributed by atoms with Crippen LogP contribution in [0, 0.1) is 11.3 Å². The number of amides is 4. The Kier molecular flexibility index (Phi) is 3.97. The second-order valence-electron chi connectivity index (χ2n) is 6.23. The molecule has 0 aliphatic carbocycles. The van der Waals surface area contributed by atoms with Crippen LogP contribution in [0.3, 0.4) is 0 Å². The molecule has 2 saturated heterocycles. The first kappa shape index (κ1) is 16.0. The number of urea groups is 1. The molecule has 0 radical (unpaired) electrons. The zero-order chi connectivity index (χ0) is 17.3. The number of nitrogens with one attached hydrogen (secondary N) is 1. The smallest absolute Gasteiger partial charge is 0.325 e. The molecule has 4 amide bonds. The molecule has 0 spiro atoms. The van der Waals surface area contributed by atoms with Gasteiger partial charge in [0.2, 0.25) is 5.91 Å². The van der Waals surface area contributed by atoms with Gasteiger partial charge in [0.25, 0.3) is 5.91 Å². The molecule has 1 N–H and O–H groups in total. The molecule has 0 bridgehead atoms. The van der Waals surface area contributed by atoms with Crippen LogP contribution in [0.25, 0.3) is 0 Å². The first-order valence-electron chi connectivity index (χ1n) is 7.88. The van der Waals surface area contributed by atoms with Crippen LogP contribution in [0.2, 0.25) is 0 Å². The molecule has 7 heteroatoms. The minimum Gasteiger partial charge on any atom is -0.341 e. The highest BCUT2D eigenvalue weighted by Gasteiger charge is 2.49. The molecule has 2 aliphatic heterocycles. The minimum atomic E-state index is -1.27. The minimum absolute atomic E-state index is 0.217. The van der Waals surface area contributed by atoms with E-state index in [1.54, 1.807) is 36.1 Å². The van der Waals surface area contributed by atoms with Crippen LogP contribution >= 0.6 is 0 Å². The van der Waals surface area contributed by atoms with Gasteiger partial charge in [-0.15, -0.1) is 0 Å². The second-order valence-corrected chi connectivity index (χ2v) is 6.23. The second kappa shape index (κ2) is 5.96. The molecule has 2 heterocycles. The average Bonchev–Trinajstić information content (AvgIpc) is 3.19. The van der Waals surface area contributed by atoms with E-state index in [-0.39, 0.29) is 12.5 Å². The van der Waals surface area contributed by atoms with Crippen LogP contribution in [-0.2, 0) is 15.1 Å². The molecule has 7 nitrogen and oxygen atoms in total. The lowest BCUT2D eigenvalue weighted by molar-refractivity contribution is -0.138. The third kappa shape index (κ3) is 2.60. The highest BCUT2D eigenvalue weighted by Crippen LogP contribution is 2.29. The van der Waals surface area contributed by atoms with Gasteiger partial charge in [0.05, 0.1) is 11.6 Å². The maximum absolute atomic E-state index is 12.8. The number of carbonyl (C=O) groups is 3. The fraction of sp³-hybridized carbons (Fsp3) is 0.412. The topological polar surface area (TPSA) is 93.5 Å². The Hall–Kier alpha value is -2.88. The van der Waals surface area contributed by atoms with E-state index >= 15 is 0 Å². The van der Waals surface area contributed by atoms with E-state index in [0.29, 0.717) is 24.2 Å². The van der Waals surface area contributed by atoms with Gasteiger partial charge in [-0.05, 0) is 37.5 Å². The van der Waals surface area contributed by atoms with Gasteiger partial charge in [-0.25, -0.2) is 4.79 Å². The molecule has 2 fully saturated rings. The molecule has 0 saturated carbocycles. The van der Waals surface area contributed by atoms with Crippen LogP contribution in [0.5, 0.6) is 0 Å². The van der Waals surface area contributed by atoms with Crippen molar-refractivity contribution < 1.29 is 14.4 Å². The van der Waals surface area contributed by atoms with E-state index < -0.39 is 17.5 Å². The van der Waals surface area contributed by atoms with Crippen molar-refractivity contribution in [3.8, 4) is 6.07 Å². The van der Waals surface area contributed by atoms with Gasteiger partial charge < -0.3 is 10.2 Å². The molecular formula is C17H18N4O3. The highest BCUT2D eigenvalue weighted by molar-refractivity contribution is 6.09. The Morgan fingerprint density at radius 2 is 2.04 bits per heavy atom. The summed E-state index contributed by atoms with van der Waals surface area (Å²) >= 11 is 0. The Labute approximate surface area is 139 Å². The SMILES string of the molecule is CC1(c2cccc(C#N)c2)NC(=O)N(CC(=O)N2CCCC2)C1=O. The molecule has 1 aromatic rings. The summed E-state index contributed by atoms with van der Waals surface area (Å²) in [5, 5.41) is 11.7. The van der Waals surface area contributed by atoms with E-state index in [4.69, 9.17) is 5.26 Å². The zero-order valence-electron chi connectivity index (χ0n) is 13.4. The number of nitriles is 1. The fourth-order valence-electron chi connectivity index (χ4n) is 3.14. The quantitative estimate of drug-likeness (QED) is 0.837. The molecule has 124 valence electrons. The average molecular weight is 326 g/mol. The number of carbonyl (C=O) groups excluding carboxylic acids is 3. The number of benzene rings is 1. The monoisotopic (exact) mass is 326 g/mol. The molecule has 3 rings (SSSR count). The first-order chi connectivity index (χ1) is 11.5. The van der Waals surface area contributed by atoms with Crippen LogP contribution in [0.1, 0.15) is 30.9 Å². The van der Waals surface area contributed by atoms with E-state index in [2.05, 4.69) is 5.32 Å². The van der Waals surface area contributed by atoms with Crippen molar-refractivity contribution in [2.45, 2.75) is 25.3 Å². The van der Waals surface area contributed by atoms with Crippen molar-refractivity contribution in [3.05, 3.63) is 35.4 Å². The third-order valence-corrected chi connectivity index (χ3v) is 4.60. The summed E-state index contributed by atoms with van der Waals surface area (Å²) in [7, 11) is 0. The number of likely N-dealkylation sites (tertiary alicyclic amines) is 1. The molecule has 24 heavy (non-hydrogen) atoms.